The smallest absolute Gasteiger partial charge is 0.127 e. The van der Waals surface area contributed by atoms with E-state index < -0.39 is 0 Å². The molecule has 6 nitrogen and oxygen atoms in total. The summed E-state index contributed by atoms with van der Waals surface area (Å²) < 4.78 is 6.20. The van der Waals surface area contributed by atoms with Crippen molar-refractivity contribution in [1.29, 1.82) is 0 Å². The van der Waals surface area contributed by atoms with Gasteiger partial charge in [0.25, 0.3) is 0 Å². The maximum Gasteiger partial charge on any atom is 0.127 e. The first-order chi connectivity index (χ1) is 14.6. The van der Waals surface area contributed by atoms with E-state index in [4.69, 9.17) is 4.74 Å². The van der Waals surface area contributed by atoms with Gasteiger partial charge in [0.05, 0.1) is 6.04 Å². The molecular weight excluding hydrogens is 374 g/mol. The first-order valence-electron chi connectivity index (χ1n) is 11.3. The Bertz CT molecular complexity index is 809. The van der Waals surface area contributed by atoms with Gasteiger partial charge in [0.1, 0.15) is 18.2 Å². The molecule has 0 N–H and O–H groups in total. The minimum absolute atomic E-state index is 0.391. The third-order valence-electron chi connectivity index (χ3n) is 6.27. The molecule has 0 unspecified atom stereocenters. The maximum absolute atomic E-state index is 6.20. The standard InChI is InChI=1S/C24H35N5O/c1-4-24-25-12-19(13-26-24)14-28-11-7-9-21(28)17-29-15-20-8-5-6-10-23(20)30-18-22(29)16-27(2)3/h5-6,8,10,12-13,21-22H,4,7,9,11,14-18H2,1-3H3/t21-,22+/m1/s1. The van der Waals surface area contributed by atoms with E-state index in [1.54, 1.807) is 0 Å². The van der Waals surface area contributed by atoms with Crippen molar-refractivity contribution in [3.8, 4) is 5.75 Å². The maximum atomic E-state index is 6.20. The number of ether oxygens (including phenoxy) is 1. The van der Waals surface area contributed by atoms with Gasteiger partial charge in [0.15, 0.2) is 0 Å². The molecule has 1 aromatic carbocycles. The predicted octanol–water partition coefficient (Wildman–Crippen LogP) is 2.83. The van der Waals surface area contributed by atoms with E-state index in [1.165, 1.54) is 24.0 Å². The normalized spacial score (nSPS) is 22.7. The molecule has 2 aliphatic rings. The predicted molar refractivity (Wildman–Crippen MR) is 120 cm³/mol. The third-order valence-corrected chi connectivity index (χ3v) is 6.27. The zero-order valence-electron chi connectivity index (χ0n) is 18.6. The van der Waals surface area contributed by atoms with E-state index in [9.17, 15) is 0 Å². The van der Waals surface area contributed by atoms with E-state index in [-0.39, 0.29) is 0 Å². The summed E-state index contributed by atoms with van der Waals surface area (Å²) in [6.07, 6.45) is 7.41. The van der Waals surface area contributed by atoms with Crippen molar-refractivity contribution in [3.05, 3.63) is 53.6 Å². The summed E-state index contributed by atoms with van der Waals surface area (Å²) in [5, 5.41) is 0. The third kappa shape index (κ3) is 5.17. The Kier molecular flexibility index (Phi) is 6.97. The minimum Gasteiger partial charge on any atom is -0.492 e. The van der Waals surface area contributed by atoms with Crippen molar-refractivity contribution in [1.82, 2.24) is 24.7 Å². The van der Waals surface area contributed by atoms with Crippen LogP contribution < -0.4 is 4.74 Å². The number of aromatic nitrogens is 2. The number of likely N-dealkylation sites (N-methyl/N-ethyl adjacent to an activating group) is 1. The molecule has 0 bridgehead atoms. The fourth-order valence-corrected chi connectivity index (χ4v) is 4.68. The summed E-state index contributed by atoms with van der Waals surface area (Å²) in [5.41, 5.74) is 2.51. The lowest BCUT2D eigenvalue weighted by Crippen LogP contribution is -2.49. The lowest BCUT2D eigenvalue weighted by Gasteiger charge is -2.35. The highest BCUT2D eigenvalue weighted by Crippen LogP contribution is 2.28. The number of rotatable bonds is 7. The van der Waals surface area contributed by atoms with E-state index in [2.05, 4.69) is 70.0 Å². The number of para-hydroxylation sites is 1. The van der Waals surface area contributed by atoms with E-state index in [0.717, 1.165) is 57.3 Å². The molecular formula is C24H35N5O. The Morgan fingerprint density at radius 3 is 2.67 bits per heavy atom. The van der Waals surface area contributed by atoms with Crippen LogP contribution in [0.15, 0.2) is 36.7 Å². The number of hydrogen-bond donors (Lipinski definition) is 0. The summed E-state index contributed by atoms with van der Waals surface area (Å²) >= 11 is 0. The second kappa shape index (κ2) is 9.86. The highest BCUT2D eigenvalue weighted by molar-refractivity contribution is 5.34. The van der Waals surface area contributed by atoms with Crippen LogP contribution in [0.2, 0.25) is 0 Å². The number of nitrogens with zero attached hydrogens (tertiary/aromatic N) is 5. The summed E-state index contributed by atoms with van der Waals surface area (Å²) in [4.78, 5) is 16.5. The van der Waals surface area contributed by atoms with Gasteiger partial charge in [0, 0.05) is 62.2 Å². The van der Waals surface area contributed by atoms with Crippen LogP contribution >= 0.6 is 0 Å². The van der Waals surface area contributed by atoms with Crippen LogP contribution in [0.4, 0.5) is 0 Å². The van der Waals surface area contributed by atoms with Crippen molar-refractivity contribution < 1.29 is 4.74 Å². The van der Waals surface area contributed by atoms with Crippen LogP contribution in [-0.2, 0) is 19.5 Å². The number of fused-ring (bicyclic) bond motifs is 1. The second-order valence-electron chi connectivity index (χ2n) is 8.89. The molecule has 6 heteroatoms. The Morgan fingerprint density at radius 2 is 1.90 bits per heavy atom. The van der Waals surface area contributed by atoms with E-state index in [1.807, 2.05) is 12.4 Å². The lowest BCUT2D eigenvalue weighted by molar-refractivity contribution is 0.0874. The zero-order chi connectivity index (χ0) is 20.9. The van der Waals surface area contributed by atoms with Gasteiger partial charge in [-0.15, -0.1) is 0 Å². The molecule has 1 aromatic heterocycles. The van der Waals surface area contributed by atoms with Crippen molar-refractivity contribution in [2.24, 2.45) is 0 Å². The molecule has 162 valence electrons. The highest BCUT2D eigenvalue weighted by atomic mass is 16.5. The molecule has 0 aliphatic carbocycles. The van der Waals surface area contributed by atoms with Crippen LogP contribution in [0.3, 0.4) is 0 Å². The molecule has 0 radical (unpaired) electrons. The topological polar surface area (TPSA) is 44.7 Å². The van der Waals surface area contributed by atoms with Crippen LogP contribution in [-0.4, -0.2) is 77.1 Å². The molecule has 3 heterocycles. The largest absolute Gasteiger partial charge is 0.492 e. The molecule has 30 heavy (non-hydrogen) atoms. The number of likely N-dealkylation sites (tertiary alicyclic amines) is 1. The van der Waals surface area contributed by atoms with Gasteiger partial charge in [0.2, 0.25) is 0 Å². The second-order valence-corrected chi connectivity index (χ2v) is 8.89. The molecule has 4 rings (SSSR count). The van der Waals surface area contributed by atoms with Gasteiger partial charge in [-0.05, 0) is 39.5 Å². The molecule has 0 spiro atoms. The van der Waals surface area contributed by atoms with E-state index >= 15 is 0 Å². The summed E-state index contributed by atoms with van der Waals surface area (Å²) in [6.45, 7) is 7.96. The molecule has 2 aliphatic heterocycles. The highest BCUT2D eigenvalue weighted by Gasteiger charge is 2.31. The Morgan fingerprint density at radius 1 is 1.10 bits per heavy atom. The lowest BCUT2D eigenvalue weighted by atomic mass is 10.1. The van der Waals surface area contributed by atoms with Gasteiger partial charge in [-0.3, -0.25) is 9.80 Å². The average molecular weight is 410 g/mol. The van der Waals surface area contributed by atoms with E-state index in [0.29, 0.717) is 12.1 Å². The molecule has 2 aromatic rings. The Hall–Kier alpha value is -2.02. The van der Waals surface area contributed by atoms with Crippen LogP contribution in [0, 0.1) is 0 Å². The molecule has 0 amide bonds. The van der Waals surface area contributed by atoms with Gasteiger partial charge >= 0.3 is 0 Å². The van der Waals surface area contributed by atoms with Crippen molar-refractivity contribution in [2.45, 2.75) is 51.4 Å². The molecule has 1 fully saturated rings. The number of hydrogen-bond acceptors (Lipinski definition) is 6. The van der Waals surface area contributed by atoms with Crippen LogP contribution in [0.25, 0.3) is 0 Å². The van der Waals surface area contributed by atoms with Gasteiger partial charge < -0.3 is 9.64 Å². The number of benzene rings is 1. The first-order valence-corrected chi connectivity index (χ1v) is 11.3. The Labute approximate surface area is 180 Å². The molecule has 1 saturated heterocycles. The van der Waals surface area contributed by atoms with Gasteiger partial charge in [-0.25, -0.2) is 9.97 Å². The summed E-state index contributed by atoms with van der Waals surface area (Å²) in [7, 11) is 4.30. The quantitative estimate of drug-likeness (QED) is 0.701. The zero-order valence-corrected chi connectivity index (χ0v) is 18.6. The SMILES string of the molecule is CCc1ncc(CN2CCC[C@@H]2CN2Cc3ccccc3OC[C@@H]2CN(C)C)cn1. The van der Waals surface area contributed by atoms with Crippen LogP contribution in [0.1, 0.15) is 36.7 Å². The van der Waals surface area contributed by atoms with Gasteiger partial charge in [-0.2, -0.15) is 0 Å². The van der Waals surface area contributed by atoms with Crippen molar-refractivity contribution in [2.75, 3.05) is 40.3 Å². The monoisotopic (exact) mass is 409 g/mol. The fraction of sp³-hybridized carbons (Fsp3) is 0.583. The van der Waals surface area contributed by atoms with Crippen LogP contribution in [0.5, 0.6) is 5.75 Å². The van der Waals surface area contributed by atoms with Crippen molar-refractivity contribution in [3.63, 3.8) is 0 Å². The first kappa shape index (κ1) is 21.2. The molecule has 2 atom stereocenters. The molecule has 0 saturated carbocycles. The Balaban J connectivity index is 1.47. The minimum atomic E-state index is 0.391. The van der Waals surface area contributed by atoms with Gasteiger partial charge in [-0.1, -0.05) is 25.1 Å². The summed E-state index contributed by atoms with van der Waals surface area (Å²) in [5.74, 6) is 1.96. The fourth-order valence-electron chi connectivity index (χ4n) is 4.68. The summed E-state index contributed by atoms with van der Waals surface area (Å²) in [6, 6.07) is 9.45. The average Bonchev–Trinajstić information content (AvgIpc) is 3.10. The number of aryl methyl sites for hydroxylation is 1. The van der Waals surface area contributed by atoms with Crippen molar-refractivity contribution >= 4 is 0 Å².